The third-order valence-electron chi connectivity index (χ3n) is 1.66. The van der Waals surface area contributed by atoms with Crippen LogP contribution in [0, 0.1) is 0 Å². The fourth-order valence-electron chi connectivity index (χ4n) is 0.917. The van der Waals surface area contributed by atoms with Crippen molar-refractivity contribution in [3.63, 3.8) is 0 Å². The number of anilines is 1. The monoisotopic (exact) mass is 194 g/mol. The Morgan fingerprint density at radius 3 is 2.86 bits per heavy atom. The van der Waals surface area contributed by atoms with E-state index in [1.807, 2.05) is 0 Å². The molecular weight excluding hydrogens is 183 g/mol. The fraction of sp³-hybridized carbons (Fsp3) is 0.250. The van der Waals surface area contributed by atoms with E-state index in [2.05, 4.69) is 10.3 Å². The lowest BCUT2D eigenvalue weighted by Crippen LogP contribution is -2.30. The van der Waals surface area contributed by atoms with E-state index >= 15 is 0 Å². The summed E-state index contributed by atoms with van der Waals surface area (Å²) in [6.45, 7) is 1.73. The van der Waals surface area contributed by atoms with Crippen LogP contribution in [0.4, 0.5) is 5.69 Å². The minimum Gasteiger partial charge on any atom is -0.423 e. The Bertz CT molecular complexity index is 330. The summed E-state index contributed by atoms with van der Waals surface area (Å²) in [5.41, 5.74) is 0.710. The average molecular weight is 194 g/mol. The van der Waals surface area contributed by atoms with Crippen LogP contribution in [0.5, 0.6) is 0 Å². The minimum absolute atomic E-state index is 0.142. The second-order valence-corrected chi connectivity index (χ2v) is 2.78. The van der Waals surface area contributed by atoms with Gasteiger partial charge in [0.1, 0.15) is 0 Å². The van der Waals surface area contributed by atoms with Crippen molar-refractivity contribution in [1.29, 1.82) is 0 Å². The second-order valence-electron chi connectivity index (χ2n) is 2.78. The third-order valence-corrected chi connectivity index (χ3v) is 1.66. The highest BCUT2D eigenvalue weighted by molar-refractivity contribution is 6.58. The molecule has 1 rings (SSSR count). The summed E-state index contributed by atoms with van der Waals surface area (Å²) < 4.78 is 0. The van der Waals surface area contributed by atoms with Gasteiger partial charge in [0.05, 0.1) is 11.9 Å². The highest BCUT2D eigenvalue weighted by atomic mass is 16.4. The molecule has 0 aliphatic heterocycles. The average Bonchev–Trinajstić information content (AvgIpc) is 2.18. The topological polar surface area (TPSA) is 82.5 Å². The van der Waals surface area contributed by atoms with Crippen molar-refractivity contribution in [2.24, 2.45) is 0 Å². The van der Waals surface area contributed by atoms with Crippen molar-refractivity contribution < 1.29 is 14.8 Å². The molecule has 74 valence electrons. The van der Waals surface area contributed by atoms with Gasteiger partial charge in [-0.1, -0.05) is 6.92 Å². The third kappa shape index (κ3) is 2.83. The van der Waals surface area contributed by atoms with Gasteiger partial charge in [-0.3, -0.25) is 9.78 Å². The van der Waals surface area contributed by atoms with Gasteiger partial charge in [-0.25, -0.2) is 0 Å². The lowest BCUT2D eigenvalue weighted by molar-refractivity contribution is -0.115. The van der Waals surface area contributed by atoms with Crippen LogP contribution in [0.2, 0.25) is 0 Å². The molecule has 1 aromatic rings. The first-order valence-electron chi connectivity index (χ1n) is 4.24. The highest BCUT2D eigenvalue weighted by Crippen LogP contribution is 2.02. The molecule has 0 aliphatic rings. The molecule has 14 heavy (non-hydrogen) atoms. The van der Waals surface area contributed by atoms with Crippen LogP contribution in [0.3, 0.4) is 0 Å². The first kappa shape index (κ1) is 10.7. The molecule has 0 bridgehead atoms. The number of pyridine rings is 1. The van der Waals surface area contributed by atoms with Gasteiger partial charge >= 0.3 is 7.12 Å². The van der Waals surface area contributed by atoms with Crippen LogP contribution in [-0.4, -0.2) is 28.1 Å². The molecule has 0 aromatic carbocycles. The molecule has 0 spiro atoms. The summed E-state index contributed by atoms with van der Waals surface area (Å²) in [7, 11) is -1.57. The summed E-state index contributed by atoms with van der Waals surface area (Å²) in [5.74, 6) is -0.142. The van der Waals surface area contributed by atoms with Crippen molar-refractivity contribution in [3.8, 4) is 0 Å². The largest absolute Gasteiger partial charge is 0.490 e. The lowest BCUT2D eigenvalue weighted by Gasteiger charge is -2.04. The van der Waals surface area contributed by atoms with E-state index in [9.17, 15) is 4.79 Å². The van der Waals surface area contributed by atoms with Crippen LogP contribution in [0.25, 0.3) is 0 Å². The maximum absolute atomic E-state index is 11.0. The number of carbonyl (C=O) groups is 1. The van der Waals surface area contributed by atoms with Gasteiger partial charge in [0.2, 0.25) is 5.91 Å². The Kier molecular flexibility index (Phi) is 3.61. The Morgan fingerprint density at radius 2 is 2.29 bits per heavy atom. The van der Waals surface area contributed by atoms with Crippen molar-refractivity contribution in [2.75, 3.05) is 5.32 Å². The normalized spacial score (nSPS) is 9.64. The molecule has 3 N–H and O–H groups in total. The van der Waals surface area contributed by atoms with Crippen LogP contribution in [0.1, 0.15) is 13.3 Å². The van der Waals surface area contributed by atoms with Crippen molar-refractivity contribution in [2.45, 2.75) is 13.3 Å². The molecule has 0 saturated heterocycles. The van der Waals surface area contributed by atoms with Crippen LogP contribution >= 0.6 is 0 Å². The van der Waals surface area contributed by atoms with Gasteiger partial charge in [0.15, 0.2) is 0 Å². The van der Waals surface area contributed by atoms with Gasteiger partial charge < -0.3 is 15.4 Å². The van der Waals surface area contributed by atoms with Crippen molar-refractivity contribution in [3.05, 3.63) is 18.5 Å². The number of amides is 1. The molecule has 0 saturated carbocycles. The predicted molar refractivity (Wildman–Crippen MR) is 53.0 cm³/mol. The first-order valence-corrected chi connectivity index (χ1v) is 4.24. The van der Waals surface area contributed by atoms with Gasteiger partial charge in [0.25, 0.3) is 0 Å². The van der Waals surface area contributed by atoms with Gasteiger partial charge in [0, 0.05) is 18.1 Å². The first-order chi connectivity index (χ1) is 6.63. The van der Waals surface area contributed by atoms with E-state index in [1.54, 1.807) is 6.92 Å². The SMILES string of the molecule is CCC(=O)Nc1cncc(B(O)O)c1. The van der Waals surface area contributed by atoms with E-state index in [1.165, 1.54) is 18.5 Å². The van der Waals surface area contributed by atoms with Crippen molar-refractivity contribution >= 4 is 24.2 Å². The standard InChI is InChI=1S/C8H11BN2O3/c1-2-8(12)11-7-3-6(9(13)14)4-10-5-7/h3-5,13-14H,2H2,1H3,(H,11,12). The highest BCUT2D eigenvalue weighted by Gasteiger charge is 2.11. The molecule has 1 aromatic heterocycles. The van der Waals surface area contributed by atoms with Crippen LogP contribution < -0.4 is 10.8 Å². The molecule has 0 aliphatic carbocycles. The zero-order chi connectivity index (χ0) is 10.6. The quantitative estimate of drug-likeness (QED) is 0.545. The van der Waals surface area contributed by atoms with E-state index in [-0.39, 0.29) is 11.4 Å². The number of nitrogens with zero attached hydrogens (tertiary/aromatic N) is 1. The number of carbonyl (C=O) groups excluding carboxylic acids is 1. The molecule has 0 fully saturated rings. The summed E-state index contributed by atoms with van der Waals surface area (Å²) >= 11 is 0. The number of nitrogens with one attached hydrogen (secondary N) is 1. The Morgan fingerprint density at radius 1 is 1.57 bits per heavy atom. The Balaban J connectivity index is 2.78. The second kappa shape index (κ2) is 4.73. The van der Waals surface area contributed by atoms with Crippen LogP contribution in [0.15, 0.2) is 18.5 Å². The zero-order valence-electron chi connectivity index (χ0n) is 7.77. The molecule has 0 radical (unpaired) electrons. The maximum atomic E-state index is 11.0. The van der Waals surface area contributed by atoms with Crippen LogP contribution in [-0.2, 0) is 4.79 Å². The molecular formula is C8H11BN2O3. The van der Waals surface area contributed by atoms with Crippen molar-refractivity contribution in [1.82, 2.24) is 4.98 Å². The Hall–Kier alpha value is -1.40. The maximum Gasteiger partial charge on any atom is 0.490 e. The molecule has 0 atom stereocenters. The minimum atomic E-state index is -1.57. The molecule has 1 heterocycles. The number of hydrogen-bond acceptors (Lipinski definition) is 4. The molecule has 1 amide bonds. The van der Waals surface area contributed by atoms with Gasteiger partial charge in [-0.05, 0) is 6.07 Å². The van der Waals surface area contributed by atoms with Gasteiger partial charge in [-0.15, -0.1) is 0 Å². The van der Waals surface area contributed by atoms with E-state index in [0.29, 0.717) is 12.1 Å². The van der Waals surface area contributed by atoms with E-state index < -0.39 is 7.12 Å². The zero-order valence-corrected chi connectivity index (χ0v) is 7.77. The number of hydrogen-bond donors (Lipinski definition) is 3. The van der Waals surface area contributed by atoms with E-state index in [0.717, 1.165) is 0 Å². The molecule has 5 nitrogen and oxygen atoms in total. The van der Waals surface area contributed by atoms with Gasteiger partial charge in [-0.2, -0.15) is 0 Å². The lowest BCUT2D eigenvalue weighted by atomic mass is 9.81. The smallest absolute Gasteiger partial charge is 0.423 e. The van der Waals surface area contributed by atoms with E-state index in [4.69, 9.17) is 10.0 Å². The summed E-state index contributed by atoms with van der Waals surface area (Å²) in [5, 5.41) is 20.2. The number of rotatable bonds is 3. The Labute approximate surface area is 81.9 Å². The summed E-state index contributed by atoms with van der Waals surface area (Å²) in [6.07, 6.45) is 3.14. The summed E-state index contributed by atoms with van der Waals surface area (Å²) in [6, 6.07) is 1.46. The molecule has 6 heteroatoms. The number of aromatic nitrogens is 1. The molecule has 0 unspecified atom stereocenters. The fourth-order valence-corrected chi connectivity index (χ4v) is 0.917. The summed E-state index contributed by atoms with van der Waals surface area (Å²) in [4.78, 5) is 14.8. The predicted octanol–water partition coefficient (Wildman–Crippen LogP) is -0.890.